The lowest BCUT2D eigenvalue weighted by molar-refractivity contribution is 0.858. The molecule has 5 heteroatoms. The van der Waals surface area contributed by atoms with Crippen LogP contribution in [0.5, 0.6) is 0 Å². The van der Waals surface area contributed by atoms with Gasteiger partial charge in [0.15, 0.2) is 0 Å². The van der Waals surface area contributed by atoms with Gasteiger partial charge in [0.25, 0.3) is 5.56 Å². The van der Waals surface area contributed by atoms with Crippen LogP contribution in [-0.2, 0) is 0 Å². The molecule has 0 bridgehead atoms. The van der Waals surface area contributed by atoms with Crippen molar-refractivity contribution in [2.45, 2.75) is 20.8 Å². The first-order valence-electron chi connectivity index (χ1n) is 5.51. The SMILES string of the molecule is Cc1ccc(-n2c(=O)[nH]c(Cl)c(C)c2=O)cc1C. The van der Waals surface area contributed by atoms with Gasteiger partial charge in [0, 0.05) is 0 Å². The summed E-state index contributed by atoms with van der Waals surface area (Å²) in [7, 11) is 0. The number of aromatic nitrogens is 2. The third-order valence-corrected chi connectivity index (χ3v) is 3.40. The van der Waals surface area contributed by atoms with Crippen LogP contribution in [0.2, 0.25) is 5.15 Å². The molecule has 0 fully saturated rings. The molecule has 1 aromatic heterocycles. The Kier molecular flexibility index (Phi) is 3.13. The second kappa shape index (κ2) is 4.46. The molecule has 0 aliphatic carbocycles. The third-order valence-electron chi connectivity index (χ3n) is 3.02. The summed E-state index contributed by atoms with van der Waals surface area (Å²) in [5, 5.41) is 0.0880. The maximum absolute atomic E-state index is 12.1. The Balaban J connectivity index is 2.80. The summed E-state index contributed by atoms with van der Waals surface area (Å²) in [5.41, 5.74) is 2.07. The number of halogens is 1. The fourth-order valence-corrected chi connectivity index (χ4v) is 1.86. The van der Waals surface area contributed by atoms with Gasteiger partial charge in [0.2, 0.25) is 0 Å². The van der Waals surface area contributed by atoms with E-state index >= 15 is 0 Å². The molecule has 0 aliphatic heterocycles. The highest BCUT2D eigenvalue weighted by molar-refractivity contribution is 6.30. The summed E-state index contributed by atoms with van der Waals surface area (Å²) in [6.07, 6.45) is 0. The molecule has 0 aliphatic rings. The van der Waals surface area contributed by atoms with Crippen LogP contribution in [-0.4, -0.2) is 9.55 Å². The smallest absolute Gasteiger partial charge is 0.297 e. The molecule has 1 heterocycles. The molecule has 0 saturated carbocycles. The van der Waals surface area contributed by atoms with Gasteiger partial charge in [-0.15, -0.1) is 0 Å². The highest BCUT2D eigenvalue weighted by Gasteiger charge is 2.10. The van der Waals surface area contributed by atoms with Crippen molar-refractivity contribution in [1.82, 2.24) is 9.55 Å². The van der Waals surface area contributed by atoms with Crippen molar-refractivity contribution in [1.29, 1.82) is 0 Å². The minimum absolute atomic E-state index is 0.0880. The fraction of sp³-hybridized carbons (Fsp3) is 0.231. The molecule has 18 heavy (non-hydrogen) atoms. The van der Waals surface area contributed by atoms with E-state index in [1.807, 2.05) is 19.9 Å². The molecular weight excluding hydrogens is 252 g/mol. The Labute approximate surface area is 109 Å². The van der Waals surface area contributed by atoms with E-state index in [9.17, 15) is 9.59 Å². The Morgan fingerprint density at radius 1 is 1.11 bits per heavy atom. The average molecular weight is 265 g/mol. The Bertz CT molecular complexity index is 729. The van der Waals surface area contributed by atoms with Gasteiger partial charge in [-0.25, -0.2) is 9.36 Å². The van der Waals surface area contributed by atoms with Gasteiger partial charge in [0.1, 0.15) is 5.15 Å². The second-order valence-corrected chi connectivity index (χ2v) is 4.66. The van der Waals surface area contributed by atoms with E-state index in [1.165, 1.54) is 0 Å². The zero-order valence-electron chi connectivity index (χ0n) is 10.4. The quantitative estimate of drug-likeness (QED) is 0.802. The fourth-order valence-electron chi connectivity index (χ4n) is 1.70. The van der Waals surface area contributed by atoms with Crippen molar-refractivity contribution in [3.05, 3.63) is 60.9 Å². The van der Waals surface area contributed by atoms with Crippen LogP contribution >= 0.6 is 11.6 Å². The number of hydrogen-bond acceptors (Lipinski definition) is 2. The van der Waals surface area contributed by atoms with E-state index in [1.54, 1.807) is 19.1 Å². The highest BCUT2D eigenvalue weighted by Crippen LogP contribution is 2.12. The monoisotopic (exact) mass is 264 g/mol. The highest BCUT2D eigenvalue weighted by atomic mass is 35.5. The van der Waals surface area contributed by atoms with E-state index in [0.29, 0.717) is 11.3 Å². The maximum Gasteiger partial charge on any atom is 0.334 e. The lowest BCUT2D eigenvalue weighted by Gasteiger charge is -2.08. The number of hydrogen-bond donors (Lipinski definition) is 1. The van der Waals surface area contributed by atoms with Crippen molar-refractivity contribution in [3.8, 4) is 5.69 Å². The zero-order chi connectivity index (χ0) is 13.4. The summed E-state index contributed by atoms with van der Waals surface area (Å²) in [4.78, 5) is 26.4. The van der Waals surface area contributed by atoms with Crippen molar-refractivity contribution in [2.24, 2.45) is 0 Å². The molecule has 0 amide bonds. The van der Waals surface area contributed by atoms with Crippen molar-refractivity contribution in [2.75, 3.05) is 0 Å². The molecule has 2 rings (SSSR count). The first kappa shape index (κ1) is 12.6. The molecule has 4 nitrogen and oxygen atoms in total. The lowest BCUT2D eigenvalue weighted by atomic mass is 10.1. The number of nitrogens with one attached hydrogen (secondary N) is 1. The summed E-state index contributed by atoms with van der Waals surface area (Å²) in [5.74, 6) is 0. The van der Waals surface area contributed by atoms with Gasteiger partial charge in [-0.05, 0) is 44.0 Å². The first-order valence-corrected chi connectivity index (χ1v) is 5.88. The first-order chi connectivity index (χ1) is 8.41. The van der Waals surface area contributed by atoms with E-state index in [-0.39, 0.29) is 5.15 Å². The maximum atomic E-state index is 12.1. The largest absolute Gasteiger partial charge is 0.334 e. The van der Waals surface area contributed by atoms with Gasteiger partial charge in [-0.1, -0.05) is 17.7 Å². The lowest BCUT2D eigenvalue weighted by Crippen LogP contribution is -2.35. The van der Waals surface area contributed by atoms with Gasteiger partial charge < -0.3 is 0 Å². The number of aromatic amines is 1. The van der Waals surface area contributed by atoms with Crippen LogP contribution in [0.15, 0.2) is 27.8 Å². The minimum atomic E-state index is -0.529. The number of benzene rings is 1. The molecule has 1 N–H and O–H groups in total. The van der Waals surface area contributed by atoms with E-state index in [2.05, 4.69) is 4.98 Å². The normalized spacial score (nSPS) is 10.7. The van der Waals surface area contributed by atoms with Crippen LogP contribution in [0.4, 0.5) is 0 Å². The summed E-state index contributed by atoms with van der Waals surface area (Å²) >= 11 is 5.77. The predicted molar refractivity (Wildman–Crippen MR) is 71.9 cm³/mol. The van der Waals surface area contributed by atoms with Crippen LogP contribution in [0.25, 0.3) is 5.69 Å². The molecule has 0 unspecified atom stereocenters. The molecular formula is C13H13ClN2O2. The molecule has 94 valence electrons. The molecule has 1 aromatic carbocycles. The van der Waals surface area contributed by atoms with Crippen LogP contribution in [0.3, 0.4) is 0 Å². The third kappa shape index (κ3) is 1.99. The summed E-state index contributed by atoms with van der Waals surface area (Å²) < 4.78 is 1.09. The van der Waals surface area contributed by atoms with Crippen molar-refractivity contribution < 1.29 is 0 Å². The summed E-state index contributed by atoms with van der Waals surface area (Å²) in [6.45, 7) is 5.48. The number of aryl methyl sites for hydroxylation is 2. The molecule has 0 saturated heterocycles. The van der Waals surface area contributed by atoms with Crippen molar-refractivity contribution in [3.63, 3.8) is 0 Å². The minimum Gasteiger partial charge on any atom is -0.297 e. The Hall–Kier alpha value is -1.81. The molecule has 0 radical (unpaired) electrons. The molecule has 2 aromatic rings. The van der Waals surface area contributed by atoms with Crippen LogP contribution in [0.1, 0.15) is 16.7 Å². The Morgan fingerprint density at radius 2 is 1.78 bits per heavy atom. The van der Waals surface area contributed by atoms with E-state index < -0.39 is 11.2 Å². The Morgan fingerprint density at radius 3 is 2.39 bits per heavy atom. The van der Waals surface area contributed by atoms with Crippen LogP contribution in [0, 0.1) is 20.8 Å². The van der Waals surface area contributed by atoms with E-state index in [0.717, 1.165) is 15.7 Å². The summed E-state index contributed by atoms with van der Waals surface area (Å²) in [6, 6.07) is 5.42. The van der Waals surface area contributed by atoms with E-state index in [4.69, 9.17) is 11.6 Å². The standard InChI is InChI=1S/C13H13ClN2O2/c1-7-4-5-10(6-8(7)2)16-12(17)9(3)11(14)15-13(16)18/h4-6H,1-3H3,(H,15,18). The molecule has 0 atom stereocenters. The topological polar surface area (TPSA) is 54.9 Å². The van der Waals surface area contributed by atoms with Gasteiger partial charge >= 0.3 is 5.69 Å². The van der Waals surface area contributed by atoms with Gasteiger partial charge in [-0.2, -0.15) is 0 Å². The number of rotatable bonds is 1. The number of nitrogens with zero attached hydrogens (tertiary/aromatic N) is 1. The van der Waals surface area contributed by atoms with Crippen LogP contribution < -0.4 is 11.2 Å². The van der Waals surface area contributed by atoms with Gasteiger partial charge in [0.05, 0.1) is 11.3 Å². The zero-order valence-corrected chi connectivity index (χ0v) is 11.1. The predicted octanol–water partition coefficient (Wildman–Crippen LogP) is 2.10. The molecule has 0 spiro atoms. The average Bonchev–Trinajstić information content (AvgIpc) is 2.31. The van der Waals surface area contributed by atoms with Crippen molar-refractivity contribution >= 4 is 11.6 Å². The number of H-pyrrole nitrogens is 1. The van der Waals surface area contributed by atoms with Gasteiger partial charge in [-0.3, -0.25) is 9.78 Å². The second-order valence-electron chi connectivity index (χ2n) is 4.28.